The van der Waals surface area contributed by atoms with Gasteiger partial charge in [-0.1, -0.05) is 16.8 Å². The van der Waals surface area contributed by atoms with Crippen molar-refractivity contribution in [1.29, 1.82) is 0 Å². The summed E-state index contributed by atoms with van der Waals surface area (Å²) in [6, 6.07) is 2.39. The third-order valence-electron chi connectivity index (χ3n) is 5.74. The number of aromatic nitrogens is 6. The van der Waals surface area contributed by atoms with Crippen LogP contribution in [0.1, 0.15) is 36.9 Å². The van der Waals surface area contributed by atoms with Gasteiger partial charge in [-0.25, -0.2) is 9.97 Å². The minimum absolute atomic E-state index is 0. The first kappa shape index (κ1) is 26.2. The van der Waals surface area contributed by atoms with Gasteiger partial charge >= 0.3 is 0 Å². The second-order valence-corrected chi connectivity index (χ2v) is 8.90. The molecule has 2 fully saturated rings. The van der Waals surface area contributed by atoms with E-state index in [0.717, 1.165) is 41.6 Å². The summed E-state index contributed by atoms with van der Waals surface area (Å²) < 4.78 is 1.65. The first-order chi connectivity index (χ1) is 15.5. The number of piperazine rings is 1. The van der Waals surface area contributed by atoms with E-state index in [1.54, 1.807) is 4.68 Å². The first-order valence-corrected chi connectivity index (χ1v) is 11.3. The number of hydrogen-bond acceptors (Lipinski definition) is 9. The van der Waals surface area contributed by atoms with Crippen molar-refractivity contribution in [3.05, 3.63) is 34.7 Å². The Morgan fingerprint density at radius 3 is 2.62 bits per heavy atom. The van der Waals surface area contributed by atoms with Gasteiger partial charge in [0.2, 0.25) is 5.95 Å². The lowest BCUT2D eigenvalue weighted by molar-refractivity contribution is 0.484. The Bertz CT molecular complexity index is 1130. The number of rotatable bonds is 6. The standard InChI is InChI=1S/C21H27ClN10.2ClH/c1-12-10-32(7-6-23-12)16-9-24-21(28-20(16)26-18-11-31(3)30-29-18)27-17-8-15(14-4-5-14)19(22)13(2)25-17;;/h8-9,11-12,14,23H,4-7,10H2,1-3H3,(H2,24,25,26,27,28);2*1H/t12-;;/m1../s1. The lowest BCUT2D eigenvalue weighted by atomic mass is 10.1. The Morgan fingerprint density at radius 1 is 1.15 bits per heavy atom. The van der Waals surface area contributed by atoms with Crippen LogP contribution in [0.3, 0.4) is 0 Å². The van der Waals surface area contributed by atoms with Gasteiger partial charge < -0.3 is 20.9 Å². The van der Waals surface area contributed by atoms with Crippen molar-refractivity contribution in [3.63, 3.8) is 0 Å². The van der Waals surface area contributed by atoms with E-state index >= 15 is 0 Å². The highest BCUT2D eigenvalue weighted by Gasteiger charge is 2.27. The van der Waals surface area contributed by atoms with Crippen LogP contribution in [0.5, 0.6) is 0 Å². The van der Waals surface area contributed by atoms with Gasteiger partial charge in [-0.2, -0.15) is 4.98 Å². The summed E-state index contributed by atoms with van der Waals surface area (Å²) in [5.41, 5.74) is 2.88. The van der Waals surface area contributed by atoms with Crippen LogP contribution in [-0.4, -0.2) is 55.6 Å². The minimum Gasteiger partial charge on any atom is -0.364 e. The van der Waals surface area contributed by atoms with Crippen LogP contribution >= 0.6 is 36.4 Å². The molecule has 3 aromatic rings. The number of nitrogens with zero attached hydrogens (tertiary/aromatic N) is 7. The predicted molar refractivity (Wildman–Crippen MR) is 140 cm³/mol. The van der Waals surface area contributed by atoms with Gasteiger partial charge in [-0.3, -0.25) is 4.68 Å². The van der Waals surface area contributed by atoms with Crippen LogP contribution in [0.2, 0.25) is 5.02 Å². The zero-order valence-electron chi connectivity index (χ0n) is 19.2. The molecule has 0 bridgehead atoms. The van der Waals surface area contributed by atoms with E-state index in [1.807, 2.05) is 32.4 Å². The minimum atomic E-state index is 0. The summed E-state index contributed by atoms with van der Waals surface area (Å²) in [6.45, 7) is 6.75. The molecule has 0 aromatic carbocycles. The van der Waals surface area contributed by atoms with E-state index in [4.69, 9.17) is 16.6 Å². The second-order valence-electron chi connectivity index (χ2n) is 8.53. The van der Waals surface area contributed by atoms with Crippen LogP contribution in [0.25, 0.3) is 0 Å². The van der Waals surface area contributed by atoms with Gasteiger partial charge in [0.1, 0.15) is 5.82 Å². The molecule has 34 heavy (non-hydrogen) atoms. The molecule has 1 aliphatic carbocycles. The Kier molecular flexibility index (Phi) is 8.40. The molecule has 3 aromatic heterocycles. The fourth-order valence-electron chi connectivity index (χ4n) is 3.99. The highest BCUT2D eigenvalue weighted by Crippen LogP contribution is 2.44. The van der Waals surface area contributed by atoms with Crippen LogP contribution < -0.4 is 20.9 Å². The van der Waals surface area contributed by atoms with E-state index in [2.05, 4.69) is 48.1 Å². The molecule has 2 aliphatic rings. The molecule has 0 radical (unpaired) electrons. The Labute approximate surface area is 216 Å². The molecule has 4 heterocycles. The van der Waals surface area contributed by atoms with Crippen molar-refractivity contribution < 1.29 is 0 Å². The van der Waals surface area contributed by atoms with Crippen molar-refractivity contribution in [2.75, 3.05) is 35.2 Å². The van der Waals surface area contributed by atoms with Crippen molar-refractivity contribution in [1.82, 2.24) is 35.3 Å². The summed E-state index contributed by atoms with van der Waals surface area (Å²) in [4.78, 5) is 16.2. The third-order valence-corrected chi connectivity index (χ3v) is 6.23. The predicted octanol–water partition coefficient (Wildman–Crippen LogP) is 3.97. The summed E-state index contributed by atoms with van der Waals surface area (Å²) in [5, 5.41) is 18.9. The lowest BCUT2D eigenvalue weighted by Gasteiger charge is -2.34. The Hall–Kier alpha value is -2.40. The van der Waals surface area contributed by atoms with E-state index < -0.39 is 0 Å². The molecule has 184 valence electrons. The van der Waals surface area contributed by atoms with E-state index in [-0.39, 0.29) is 24.8 Å². The zero-order valence-corrected chi connectivity index (χ0v) is 21.6. The van der Waals surface area contributed by atoms with Gasteiger partial charge in [0, 0.05) is 32.7 Å². The molecule has 13 heteroatoms. The number of halogens is 3. The normalized spacial score (nSPS) is 17.5. The fourth-order valence-corrected chi connectivity index (χ4v) is 4.24. The second kappa shape index (κ2) is 10.9. The van der Waals surface area contributed by atoms with E-state index in [9.17, 15) is 0 Å². The molecular weight excluding hydrogens is 499 g/mol. The monoisotopic (exact) mass is 526 g/mol. The summed E-state index contributed by atoms with van der Waals surface area (Å²) in [7, 11) is 1.83. The van der Waals surface area contributed by atoms with Crippen LogP contribution in [-0.2, 0) is 7.05 Å². The smallest absolute Gasteiger partial charge is 0.230 e. The molecule has 0 spiro atoms. The van der Waals surface area contributed by atoms with Gasteiger partial charge in [-0.15, -0.1) is 29.9 Å². The molecule has 1 atom stereocenters. The molecule has 0 amide bonds. The fraction of sp³-hybridized carbons (Fsp3) is 0.476. The van der Waals surface area contributed by atoms with Crippen molar-refractivity contribution in [2.24, 2.45) is 7.05 Å². The molecule has 1 aliphatic heterocycles. The highest BCUT2D eigenvalue weighted by atomic mass is 35.5. The highest BCUT2D eigenvalue weighted by molar-refractivity contribution is 6.32. The maximum Gasteiger partial charge on any atom is 0.230 e. The first-order valence-electron chi connectivity index (χ1n) is 10.9. The van der Waals surface area contributed by atoms with Gasteiger partial charge in [0.25, 0.3) is 0 Å². The maximum absolute atomic E-state index is 6.48. The van der Waals surface area contributed by atoms with Crippen LogP contribution in [0.4, 0.5) is 29.1 Å². The van der Waals surface area contributed by atoms with Crippen LogP contribution in [0, 0.1) is 6.92 Å². The quantitative estimate of drug-likeness (QED) is 0.439. The van der Waals surface area contributed by atoms with Crippen molar-refractivity contribution in [3.8, 4) is 0 Å². The van der Waals surface area contributed by atoms with Gasteiger partial charge in [-0.05, 0) is 44.2 Å². The van der Waals surface area contributed by atoms with E-state index in [1.165, 1.54) is 12.8 Å². The number of nitrogens with one attached hydrogen (secondary N) is 3. The number of hydrogen-bond donors (Lipinski definition) is 3. The zero-order chi connectivity index (χ0) is 22.2. The largest absolute Gasteiger partial charge is 0.364 e. The molecule has 1 saturated heterocycles. The molecule has 0 unspecified atom stereocenters. The summed E-state index contributed by atoms with van der Waals surface area (Å²) in [6.07, 6.45) is 5.99. The molecule has 1 saturated carbocycles. The molecule has 5 rings (SSSR count). The molecular formula is C21H29Cl3N10. The SMILES string of the molecule is Cc1nc(Nc2ncc(N3CCN[C@H](C)C3)c(Nc3cn(C)nn3)n2)cc(C2CC2)c1Cl.Cl.Cl. The average Bonchev–Trinajstić information content (AvgIpc) is 3.52. The third kappa shape index (κ3) is 5.80. The average molecular weight is 528 g/mol. The lowest BCUT2D eigenvalue weighted by Crippen LogP contribution is -2.49. The van der Waals surface area contributed by atoms with Gasteiger partial charge in [0.15, 0.2) is 11.6 Å². The van der Waals surface area contributed by atoms with Crippen LogP contribution in [0.15, 0.2) is 18.5 Å². The summed E-state index contributed by atoms with van der Waals surface area (Å²) in [5.74, 6) is 2.97. The molecule has 10 nitrogen and oxygen atoms in total. The topological polar surface area (TPSA) is 109 Å². The molecule has 3 N–H and O–H groups in total. The Balaban J connectivity index is 0.00000162. The Morgan fingerprint density at radius 2 is 1.94 bits per heavy atom. The van der Waals surface area contributed by atoms with E-state index in [0.29, 0.717) is 35.4 Å². The van der Waals surface area contributed by atoms with Crippen molar-refractivity contribution >= 4 is 65.5 Å². The van der Waals surface area contributed by atoms with Crippen molar-refractivity contribution in [2.45, 2.75) is 38.6 Å². The summed E-state index contributed by atoms with van der Waals surface area (Å²) >= 11 is 6.48. The van der Waals surface area contributed by atoms with Gasteiger partial charge in [0.05, 0.1) is 28.8 Å². The maximum atomic E-state index is 6.48. The number of aryl methyl sites for hydroxylation is 2. The number of anilines is 5. The number of pyridine rings is 1.